The van der Waals surface area contributed by atoms with Gasteiger partial charge in [0, 0.05) is 0 Å². The summed E-state index contributed by atoms with van der Waals surface area (Å²) in [6.45, 7) is 0. The van der Waals surface area contributed by atoms with E-state index in [-0.39, 0.29) is 29.6 Å². The van der Waals surface area contributed by atoms with Crippen LogP contribution < -0.4 is 39.4 Å². The van der Waals surface area contributed by atoms with Crippen molar-refractivity contribution in [1.82, 2.24) is 0 Å². The van der Waals surface area contributed by atoms with Crippen molar-refractivity contribution in [2.75, 3.05) is 0 Å². The largest absolute Gasteiger partial charge is 1.00 e. The molecule has 0 aromatic heterocycles. The average Bonchev–Trinajstić information content (AvgIpc) is 2.06. The second-order valence-electron chi connectivity index (χ2n) is 2.07. The molecular formula is C8H6ClNaO3. The minimum atomic E-state index is -1.44. The summed E-state index contributed by atoms with van der Waals surface area (Å²) in [5.41, 5.74) is -1.44. The fraction of sp³-hybridized carbons (Fsp3) is 0.125. The number of halogens is 1. The van der Waals surface area contributed by atoms with Gasteiger partial charge >= 0.3 is 29.6 Å². The van der Waals surface area contributed by atoms with Crippen LogP contribution in [0.4, 0.5) is 0 Å². The summed E-state index contributed by atoms with van der Waals surface area (Å²) in [6.07, 6.45) is 0. The Bertz CT molecular complexity index is 265. The number of carboxylic acids is 1. The summed E-state index contributed by atoms with van der Waals surface area (Å²) >= 11 is 5.27. The van der Waals surface area contributed by atoms with Crippen LogP contribution in [0.3, 0.4) is 0 Å². The van der Waals surface area contributed by atoms with Gasteiger partial charge in [-0.15, -0.1) is 0 Å². The van der Waals surface area contributed by atoms with Crippen LogP contribution in [0.5, 0.6) is 5.75 Å². The molecule has 0 radical (unpaired) electrons. The van der Waals surface area contributed by atoms with Crippen molar-refractivity contribution in [3.05, 3.63) is 30.3 Å². The molecule has 0 N–H and O–H groups in total. The number of rotatable bonds is 3. The fourth-order valence-electron chi connectivity index (χ4n) is 0.667. The Hall–Kier alpha value is -0.220. The Labute approximate surface area is 103 Å². The SMILES string of the molecule is O=C([O-])C(Cl)Oc1ccccc1.[Na+]. The van der Waals surface area contributed by atoms with E-state index in [1.54, 1.807) is 30.3 Å². The number of ether oxygens (including phenoxy) is 1. The smallest absolute Gasteiger partial charge is 0.545 e. The summed E-state index contributed by atoms with van der Waals surface area (Å²) < 4.78 is 4.78. The van der Waals surface area contributed by atoms with Gasteiger partial charge in [-0.3, -0.25) is 0 Å². The van der Waals surface area contributed by atoms with E-state index in [4.69, 9.17) is 16.3 Å². The molecule has 64 valence electrons. The first-order chi connectivity index (χ1) is 5.70. The Balaban J connectivity index is 0.00000144. The predicted molar refractivity (Wildman–Crippen MR) is 41.7 cm³/mol. The van der Waals surface area contributed by atoms with Gasteiger partial charge in [-0.05, 0) is 12.1 Å². The summed E-state index contributed by atoms with van der Waals surface area (Å²) in [5.74, 6) is -1.04. The van der Waals surface area contributed by atoms with Gasteiger partial charge in [-0.1, -0.05) is 29.8 Å². The molecule has 1 atom stereocenters. The number of hydrogen-bond donors (Lipinski definition) is 0. The summed E-state index contributed by atoms with van der Waals surface area (Å²) in [7, 11) is 0. The topological polar surface area (TPSA) is 49.4 Å². The van der Waals surface area contributed by atoms with Gasteiger partial charge in [-0.25, -0.2) is 0 Å². The molecule has 0 saturated heterocycles. The van der Waals surface area contributed by atoms with Gasteiger partial charge in [0.15, 0.2) is 0 Å². The first kappa shape index (κ1) is 12.8. The van der Waals surface area contributed by atoms with E-state index in [0.717, 1.165) is 0 Å². The van der Waals surface area contributed by atoms with Gasteiger partial charge < -0.3 is 14.6 Å². The van der Waals surface area contributed by atoms with E-state index in [2.05, 4.69) is 0 Å². The molecule has 1 unspecified atom stereocenters. The third kappa shape index (κ3) is 4.52. The number of benzene rings is 1. The van der Waals surface area contributed by atoms with E-state index in [1.165, 1.54) is 0 Å². The van der Waals surface area contributed by atoms with Crippen LogP contribution in [0.1, 0.15) is 0 Å². The minimum absolute atomic E-state index is 0. The standard InChI is InChI=1S/C8H7ClO3.Na/c9-7(8(10)11)12-6-4-2-1-3-5-6;/h1-5,7H,(H,10,11);/q;+1/p-1. The van der Waals surface area contributed by atoms with Crippen molar-refractivity contribution >= 4 is 17.6 Å². The number of aliphatic carboxylic acids is 1. The molecule has 13 heavy (non-hydrogen) atoms. The third-order valence-corrected chi connectivity index (χ3v) is 1.44. The molecular weight excluding hydrogens is 203 g/mol. The second kappa shape index (κ2) is 6.27. The van der Waals surface area contributed by atoms with Crippen molar-refractivity contribution in [3.63, 3.8) is 0 Å². The molecule has 0 aliphatic rings. The Kier molecular flexibility index (Phi) is 6.16. The Morgan fingerprint density at radius 2 is 1.92 bits per heavy atom. The monoisotopic (exact) mass is 208 g/mol. The number of carboxylic acid groups (broad SMARTS) is 1. The molecule has 0 aliphatic carbocycles. The predicted octanol–water partition coefficient (Wildman–Crippen LogP) is -2.62. The zero-order valence-electron chi connectivity index (χ0n) is 7.07. The van der Waals surface area contributed by atoms with Crippen LogP contribution in [0.2, 0.25) is 0 Å². The van der Waals surface area contributed by atoms with Crippen molar-refractivity contribution in [2.45, 2.75) is 5.56 Å². The molecule has 0 aliphatic heterocycles. The molecule has 1 aromatic rings. The Morgan fingerprint density at radius 3 is 2.38 bits per heavy atom. The normalized spacial score (nSPS) is 11.2. The maximum absolute atomic E-state index is 10.1. The van der Waals surface area contributed by atoms with Crippen molar-refractivity contribution < 1.29 is 44.2 Å². The average molecular weight is 209 g/mol. The number of para-hydroxylation sites is 1. The minimum Gasteiger partial charge on any atom is -0.545 e. The van der Waals surface area contributed by atoms with Crippen LogP contribution in [0, 0.1) is 0 Å². The summed E-state index contributed by atoms with van der Waals surface area (Å²) in [4.78, 5) is 10.1. The molecule has 0 amide bonds. The van der Waals surface area contributed by atoms with Gasteiger partial charge in [0.05, 0.1) is 5.97 Å². The third-order valence-electron chi connectivity index (χ3n) is 1.17. The first-order valence-electron chi connectivity index (χ1n) is 3.27. The van der Waals surface area contributed by atoms with E-state index in [1.807, 2.05) is 0 Å². The van der Waals surface area contributed by atoms with Crippen LogP contribution in [-0.2, 0) is 4.79 Å². The van der Waals surface area contributed by atoms with Crippen molar-refractivity contribution in [1.29, 1.82) is 0 Å². The van der Waals surface area contributed by atoms with Crippen LogP contribution in [0.25, 0.3) is 0 Å². The number of alkyl halides is 1. The van der Waals surface area contributed by atoms with Crippen LogP contribution in [0.15, 0.2) is 30.3 Å². The molecule has 1 aromatic carbocycles. The molecule has 0 spiro atoms. The van der Waals surface area contributed by atoms with E-state index < -0.39 is 11.5 Å². The van der Waals surface area contributed by atoms with Gasteiger partial charge in [-0.2, -0.15) is 0 Å². The van der Waals surface area contributed by atoms with Crippen LogP contribution in [-0.4, -0.2) is 11.5 Å². The Morgan fingerprint density at radius 1 is 1.38 bits per heavy atom. The van der Waals surface area contributed by atoms with Crippen molar-refractivity contribution in [2.24, 2.45) is 0 Å². The van der Waals surface area contributed by atoms with Crippen molar-refractivity contribution in [3.8, 4) is 5.75 Å². The quantitative estimate of drug-likeness (QED) is 0.404. The number of hydrogen-bond acceptors (Lipinski definition) is 3. The summed E-state index contributed by atoms with van der Waals surface area (Å²) in [5, 5.41) is 10.1. The van der Waals surface area contributed by atoms with Crippen LogP contribution >= 0.6 is 11.6 Å². The van der Waals surface area contributed by atoms with Gasteiger partial charge in [0.25, 0.3) is 0 Å². The van der Waals surface area contributed by atoms with Gasteiger partial charge in [0.2, 0.25) is 5.56 Å². The molecule has 0 fully saturated rings. The zero-order valence-corrected chi connectivity index (χ0v) is 9.82. The maximum Gasteiger partial charge on any atom is 1.00 e. The van der Waals surface area contributed by atoms with E-state index in [9.17, 15) is 9.90 Å². The van der Waals surface area contributed by atoms with E-state index >= 15 is 0 Å². The molecule has 5 heteroatoms. The first-order valence-corrected chi connectivity index (χ1v) is 3.70. The molecule has 0 heterocycles. The summed E-state index contributed by atoms with van der Waals surface area (Å²) in [6, 6.07) is 8.44. The number of carbonyl (C=O) groups is 1. The maximum atomic E-state index is 10.1. The molecule has 1 rings (SSSR count). The molecule has 0 bridgehead atoms. The number of carbonyl (C=O) groups excluding carboxylic acids is 1. The van der Waals surface area contributed by atoms with Gasteiger partial charge in [0.1, 0.15) is 5.75 Å². The molecule has 3 nitrogen and oxygen atoms in total. The fourth-order valence-corrected chi connectivity index (χ4v) is 0.770. The van der Waals surface area contributed by atoms with E-state index in [0.29, 0.717) is 5.75 Å². The second-order valence-corrected chi connectivity index (χ2v) is 2.46. The molecule has 0 saturated carbocycles. The zero-order chi connectivity index (χ0) is 8.97.